The van der Waals surface area contributed by atoms with Crippen LogP contribution in [0.3, 0.4) is 0 Å². The molecule has 1 aromatic heterocycles. The van der Waals surface area contributed by atoms with Gasteiger partial charge in [-0.25, -0.2) is 0 Å². The van der Waals surface area contributed by atoms with Crippen molar-refractivity contribution in [3.8, 4) is 5.75 Å². The molecule has 110 valence electrons. The van der Waals surface area contributed by atoms with Crippen LogP contribution in [0.2, 0.25) is 0 Å². The highest BCUT2D eigenvalue weighted by Crippen LogP contribution is 2.30. The van der Waals surface area contributed by atoms with Crippen molar-refractivity contribution in [2.24, 2.45) is 0 Å². The highest BCUT2D eigenvalue weighted by molar-refractivity contribution is 7.84. The molecule has 0 spiro atoms. The summed E-state index contributed by atoms with van der Waals surface area (Å²) in [5.41, 5.74) is 2.09. The van der Waals surface area contributed by atoms with Gasteiger partial charge in [0.1, 0.15) is 5.75 Å². The molecule has 6 heteroatoms. The van der Waals surface area contributed by atoms with E-state index < -0.39 is 10.8 Å². The molecule has 21 heavy (non-hydrogen) atoms. The molecule has 1 atom stereocenters. The fraction of sp³-hybridized carbons (Fsp3) is 0.267. The van der Waals surface area contributed by atoms with Crippen LogP contribution in [0.4, 0.5) is 0 Å². The Hall–Kier alpha value is -1.66. The maximum absolute atomic E-state index is 12.1. The van der Waals surface area contributed by atoms with E-state index >= 15 is 0 Å². The Balaban J connectivity index is 1.61. The van der Waals surface area contributed by atoms with Crippen LogP contribution >= 0.6 is 11.3 Å². The average molecular weight is 321 g/mol. The molecule has 2 heterocycles. The lowest BCUT2D eigenvalue weighted by atomic mass is 10.2. The van der Waals surface area contributed by atoms with Gasteiger partial charge in [-0.1, -0.05) is 12.1 Å². The van der Waals surface area contributed by atoms with Gasteiger partial charge in [-0.3, -0.25) is 9.00 Å². The first-order chi connectivity index (χ1) is 10.2. The van der Waals surface area contributed by atoms with E-state index in [-0.39, 0.29) is 5.91 Å². The van der Waals surface area contributed by atoms with Gasteiger partial charge in [0.05, 0.1) is 23.5 Å². The fourth-order valence-corrected chi connectivity index (χ4v) is 5.01. The van der Waals surface area contributed by atoms with E-state index in [9.17, 15) is 9.00 Å². The molecule has 0 radical (unpaired) electrons. The van der Waals surface area contributed by atoms with Crippen molar-refractivity contribution in [2.75, 3.05) is 7.11 Å². The van der Waals surface area contributed by atoms with Crippen molar-refractivity contribution in [3.05, 3.63) is 51.2 Å². The summed E-state index contributed by atoms with van der Waals surface area (Å²) in [5, 5.41) is 2.91. The Morgan fingerprint density at radius 1 is 1.33 bits per heavy atom. The van der Waals surface area contributed by atoms with Gasteiger partial charge < -0.3 is 10.1 Å². The number of hydrogen-bond donors (Lipinski definition) is 1. The Morgan fingerprint density at radius 3 is 2.76 bits per heavy atom. The zero-order chi connectivity index (χ0) is 14.8. The third kappa shape index (κ3) is 3.16. The van der Waals surface area contributed by atoms with Gasteiger partial charge in [0.15, 0.2) is 0 Å². The molecule has 0 saturated heterocycles. The minimum absolute atomic E-state index is 0.0731. The summed E-state index contributed by atoms with van der Waals surface area (Å²) in [6, 6.07) is 9.47. The average Bonchev–Trinajstić information content (AvgIpc) is 3.02. The van der Waals surface area contributed by atoms with Crippen LogP contribution in [0.25, 0.3) is 0 Å². The van der Waals surface area contributed by atoms with Gasteiger partial charge in [0.2, 0.25) is 0 Å². The second-order valence-corrected chi connectivity index (χ2v) is 7.41. The number of methoxy groups -OCH3 is 1. The van der Waals surface area contributed by atoms with Crippen LogP contribution in [0.5, 0.6) is 5.75 Å². The van der Waals surface area contributed by atoms with Crippen LogP contribution in [-0.4, -0.2) is 17.2 Å². The van der Waals surface area contributed by atoms with Gasteiger partial charge in [0.25, 0.3) is 5.91 Å². The second kappa shape index (κ2) is 5.99. The van der Waals surface area contributed by atoms with Crippen LogP contribution in [-0.2, 0) is 28.9 Å². The number of carbonyl (C=O) groups is 1. The lowest BCUT2D eigenvalue weighted by molar-refractivity contribution is 0.0955. The lowest BCUT2D eigenvalue weighted by Gasteiger charge is -2.05. The molecule has 1 amide bonds. The summed E-state index contributed by atoms with van der Waals surface area (Å²) in [7, 11) is 0.845. The molecular formula is C15H15NO3S2. The predicted octanol–water partition coefficient (Wildman–Crippen LogP) is 2.45. The minimum Gasteiger partial charge on any atom is -0.497 e. The second-order valence-electron chi connectivity index (χ2n) is 4.82. The number of carbonyl (C=O) groups excluding carboxylic acids is 1. The molecule has 3 rings (SSSR count). The lowest BCUT2D eigenvalue weighted by Crippen LogP contribution is -2.21. The van der Waals surface area contributed by atoms with Crippen LogP contribution in [0.15, 0.2) is 30.3 Å². The monoisotopic (exact) mass is 321 g/mol. The van der Waals surface area contributed by atoms with Crippen molar-refractivity contribution >= 4 is 28.0 Å². The summed E-state index contributed by atoms with van der Waals surface area (Å²) in [6.45, 7) is 0.483. The number of benzene rings is 1. The number of amides is 1. The largest absolute Gasteiger partial charge is 0.497 e. The van der Waals surface area contributed by atoms with E-state index in [1.54, 1.807) is 7.11 Å². The number of hydrogen-bond acceptors (Lipinski definition) is 4. The van der Waals surface area contributed by atoms with Crippen molar-refractivity contribution in [2.45, 2.75) is 18.1 Å². The first kappa shape index (κ1) is 14.3. The summed E-state index contributed by atoms with van der Waals surface area (Å²) in [4.78, 5) is 13.9. The number of nitrogens with one attached hydrogen (secondary N) is 1. The SMILES string of the molecule is COc1ccc(CNC(=O)c2cc3c(s2)C[S@](=O)C3)cc1. The maximum atomic E-state index is 12.1. The molecule has 0 fully saturated rings. The predicted molar refractivity (Wildman–Crippen MR) is 84.0 cm³/mol. The standard InChI is InChI=1S/C15H15NO3S2/c1-19-12-4-2-10(3-5-12)7-16-15(17)13-6-11-8-21(18)9-14(11)20-13/h2-6H,7-9H2,1H3,(H,16,17)/t21-/m1/s1. The Bertz CT molecular complexity index is 666. The third-order valence-electron chi connectivity index (χ3n) is 3.34. The van der Waals surface area contributed by atoms with Gasteiger partial charge in [0, 0.05) is 22.2 Å². The highest BCUT2D eigenvalue weighted by Gasteiger charge is 2.22. The molecule has 4 nitrogen and oxygen atoms in total. The Labute approximate surface area is 129 Å². The fourth-order valence-electron chi connectivity index (χ4n) is 2.21. The number of thiophene rings is 1. The number of ether oxygens (including phenoxy) is 1. The topological polar surface area (TPSA) is 55.4 Å². The van der Waals surface area contributed by atoms with Crippen LogP contribution in [0, 0.1) is 0 Å². The summed E-state index contributed by atoms with van der Waals surface area (Å²) >= 11 is 1.45. The number of rotatable bonds is 4. The van der Waals surface area contributed by atoms with Gasteiger partial charge in [-0.15, -0.1) is 11.3 Å². The molecule has 2 aromatic rings. The summed E-state index contributed by atoms with van der Waals surface area (Å²) in [5.74, 6) is 1.90. The summed E-state index contributed by atoms with van der Waals surface area (Å²) < 4.78 is 16.5. The van der Waals surface area contributed by atoms with Crippen molar-refractivity contribution in [3.63, 3.8) is 0 Å². The molecule has 1 aromatic carbocycles. The zero-order valence-corrected chi connectivity index (χ0v) is 13.2. The van der Waals surface area contributed by atoms with Gasteiger partial charge >= 0.3 is 0 Å². The van der Waals surface area contributed by atoms with Crippen LogP contribution < -0.4 is 10.1 Å². The molecule has 1 aliphatic rings. The highest BCUT2D eigenvalue weighted by atomic mass is 32.2. The summed E-state index contributed by atoms with van der Waals surface area (Å²) in [6.07, 6.45) is 0. The van der Waals surface area contributed by atoms with Crippen molar-refractivity contribution in [1.82, 2.24) is 5.32 Å². The van der Waals surface area contributed by atoms with E-state index in [1.165, 1.54) is 11.3 Å². The molecule has 0 aliphatic carbocycles. The normalized spacial score (nSPS) is 16.5. The Morgan fingerprint density at radius 2 is 2.10 bits per heavy atom. The smallest absolute Gasteiger partial charge is 0.261 e. The van der Waals surface area contributed by atoms with E-state index in [2.05, 4.69) is 5.32 Å². The number of fused-ring (bicyclic) bond motifs is 1. The van der Waals surface area contributed by atoms with E-state index in [4.69, 9.17) is 4.74 Å². The van der Waals surface area contributed by atoms with Crippen molar-refractivity contribution in [1.29, 1.82) is 0 Å². The van der Waals surface area contributed by atoms with Crippen molar-refractivity contribution < 1.29 is 13.7 Å². The first-order valence-corrected chi connectivity index (χ1v) is 8.84. The minimum atomic E-state index is -0.780. The van der Waals surface area contributed by atoms with E-state index in [0.717, 1.165) is 21.8 Å². The molecule has 0 bridgehead atoms. The quantitative estimate of drug-likeness (QED) is 0.941. The van der Waals surface area contributed by atoms with E-state index in [0.29, 0.717) is 22.9 Å². The zero-order valence-electron chi connectivity index (χ0n) is 11.5. The van der Waals surface area contributed by atoms with Gasteiger partial charge in [-0.05, 0) is 29.3 Å². The van der Waals surface area contributed by atoms with Crippen LogP contribution in [0.1, 0.15) is 25.7 Å². The maximum Gasteiger partial charge on any atom is 0.261 e. The van der Waals surface area contributed by atoms with Gasteiger partial charge in [-0.2, -0.15) is 0 Å². The molecular weight excluding hydrogens is 306 g/mol. The molecule has 0 saturated carbocycles. The molecule has 1 aliphatic heterocycles. The molecule has 1 N–H and O–H groups in total. The third-order valence-corrected chi connectivity index (χ3v) is 5.94. The van der Waals surface area contributed by atoms with E-state index in [1.807, 2.05) is 30.3 Å². The molecule has 0 unspecified atom stereocenters. The first-order valence-electron chi connectivity index (χ1n) is 6.53. The Kier molecular flexibility index (Phi) is 4.07.